The van der Waals surface area contributed by atoms with E-state index in [0.29, 0.717) is 11.7 Å². The van der Waals surface area contributed by atoms with Gasteiger partial charge in [-0.2, -0.15) is 0 Å². The summed E-state index contributed by atoms with van der Waals surface area (Å²) in [7, 11) is 0. The van der Waals surface area contributed by atoms with Crippen LogP contribution in [0.25, 0.3) is 15.8 Å². The number of carbonyl (C=O) groups excluding carboxylic acids is 1. The van der Waals surface area contributed by atoms with Crippen molar-refractivity contribution in [1.82, 2.24) is 4.98 Å². The summed E-state index contributed by atoms with van der Waals surface area (Å²) in [6.07, 6.45) is 3.07. The third-order valence-corrected chi connectivity index (χ3v) is 4.66. The van der Waals surface area contributed by atoms with Crippen LogP contribution < -0.4 is 11.1 Å². The van der Waals surface area contributed by atoms with Gasteiger partial charge in [-0.25, -0.2) is 4.98 Å². The SMILES string of the molecule is C=C(/C=N\C=C(/N)OCc1ccccc1)c1ccc2nc(NC(C)=O)sc2c1. The van der Waals surface area contributed by atoms with Gasteiger partial charge in [-0.3, -0.25) is 9.79 Å². The van der Waals surface area contributed by atoms with Gasteiger partial charge >= 0.3 is 0 Å². The first-order valence-electron chi connectivity index (χ1n) is 8.54. The molecular formula is C21H20N4O2S. The molecule has 0 aliphatic heterocycles. The summed E-state index contributed by atoms with van der Waals surface area (Å²) in [5, 5.41) is 3.27. The number of nitrogens with zero attached hydrogens (tertiary/aromatic N) is 2. The van der Waals surface area contributed by atoms with Gasteiger partial charge in [0.05, 0.1) is 16.4 Å². The van der Waals surface area contributed by atoms with E-state index in [9.17, 15) is 4.79 Å². The van der Waals surface area contributed by atoms with Crippen LogP contribution in [-0.2, 0) is 16.1 Å². The van der Waals surface area contributed by atoms with Gasteiger partial charge in [0.2, 0.25) is 11.8 Å². The van der Waals surface area contributed by atoms with Crippen molar-refractivity contribution < 1.29 is 9.53 Å². The fourth-order valence-corrected chi connectivity index (χ4v) is 3.33. The zero-order valence-corrected chi connectivity index (χ0v) is 16.2. The summed E-state index contributed by atoms with van der Waals surface area (Å²) >= 11 is 1.41. The number of anilines is 1. The van der Waals surface area contributed by atoms with Crippen LogP contribution in [0.3, 0.4) is 0 Å². The fourth-order valence-electron chi connectivity index (χ4n) is 2.38. The first-order valence-corrected chi connectivity index (χ1v) is 9.36. The van der Waals surface area contributed by atoms with E-state index in [1.807, 2.05) is 48.5 Å². The van der Waals surface area contributed by atoms with Crippen LogP contribution in [-0.4, -0.2) is 17.1 Å². The minimum Gasteiger partial charge on any atom is -0.473 e. The molecule has 28 heavy (non-hydrogen) atoms. The highest BCUT2D eigenvalue weighted by Gasteiger charge is 2.06. The van der Waals surface area contributed by atoms with Gasteiger partial charge < -0.3 is 15.8 Å². The van der Waals surface area contributed by atoms with Crippen LogP contribution in [0.1, 0.15) is 18.1 Å². The molecular weight excluding hydrogens is 372 g/mol. The van der Waals surface area contributed by atoms with Crippen molar-refractivity contribution in [2.75, 3.05) is 5.32 Å². The minimum absolute atomic E-state index is 0.144. The Hall–Kier alpha value is -3.45. The molecule has 142 valence electrons. The van der Waals surface area contributed by atoms with Crippen LogP contribution in [0.4, 0.5) is 5.13 Å². The van der Waals surface area contributed by atoms with Gasteiger partial charge in [-0.05, 0) is 28.8 Å². The third-order valence-electron chi connectivity index (χ3n) is 3.72. The van der Waals surface area contributed by atoms with E-state index < -0.39 is 0 Å². The molecule has 0 atom stereocenters. The second kappa shape index (κ2) is 8.96. The molecule has 0 unspecified atom stereocenters. The second-order valence-corrected chi connectivity index (χ2v) is 7.02. The topological polar surface area (TPSA) is 89.6 Å². The van der Waals surface area contributed by atoms with E-state index in [4.69, 9.17) is 10.5 Å². The number of ether oxygens (including phenoxy) is 1. The van der Waals surface area contributed by atoms with Crippen molar-refractivity contribution in [3.8, 4) is 0 Å². The van der Waals surface area contributed by atoms with Crippen LogP contribution >= 0.6 is 11.3 Å². The number of thiazole rings is 1. The molecule has 0 bridgehead atoms. The predicted molar refractivity (Wildman–Crippen MR) is 115 cm³/mol. The molecule has 0 fully saturated rings. The largest absolute Gasteiger partial charge is 0.473 e. The standard InChI is InChI=1S/C21H20N4O2S/c1-14(11-23-12-20(22)27-13-16-6-4-3-5-7-16)17-8-9-18-19(10-17)28-21(25-18)24-15(2)26/h3-12H,1,13,22H2,2H3,(H,24,25,26)/b20-12+,23-11-. The number of carbonyl (C=O) groups is 1. The number of aromatic nitrogens is 1. The molecule has 3 N–H and O–H groups in total. The van der Waals surface area contributed by atoms with E-state index in [2.05, 4.69) is 21.9 Å². The summed E-state index contributed by atoms with van der Waals surface area (Å²) in [6, 6.07) is 15.5. The molecule has 6 nitrogen and oxygen atoms in total. The number of nitrogens with one attached hydrogen (secondary N) is 1. The summed E-state index contributed by atoms with van der Waals surface area (Å²) in [4.78, 5) is 19.7. The van der Waals surface area contributed by atoms with Gasteiger partial charge in [0.1, 0.15) is 6.61 Å². The molecule has 3 rings (SSSR count). The summed E-state index contributed by atoms with van der Waals surface area (Å²) in [6.45, 7) is 5.88. The number of allylic oxidation sites excluding steroid dienone is 1. The van der Waals surface area contributed by atoms with Gasteiger partial charge in [-0.1, -0.05) is 54.3 Å². The molecule has 0 saturated heterocycles. The van der Waals surface area contributed by atoms with Gasteiger partial charge in [0.15, 0.2) is 5.13 Å². The first kappa shape index (κ1) is 19.3. The van der Waals surface area contributed by atoms with E-state index in [-0.39, 0.29) is 11.8 Å². The van der Waals surface area contributed by atoms with Crippen molar-refractivity contribution in [3.63, 3.8) is 0 Å². The lowest BCUT2D eigenvalue weighted by Gasteiger charge is -2.04. The molecule has 1 heterocycles. The fraction of sp³-hybridized carbons (Fsp3) is 0.0952. The predicted octanol–water partition coefficient (Wildman–Crippen LogP) is 4.31. The molecule has 0 saturated carbocycles. The Morgan fingerprint density at radius 2 is 2.11 bits per heavy atom. The van der Waals surface area contributed by atoms with E-state index in [0.717, 1.165) is 26.9 Å². The number of fused-ring (bicyclic) bond motifs is 1. The third kappa shape index (κ3) is 5.28. The van der Waals surface area contributed by atoms with Crippen LogP contribution in [0.15, 0.2) is 72.2 Å². The van der Waals surface area contributed by atoms with Gasteiger partial charge in [0, 0.05) is 13.1 Å². The second-order valence-electron chi connectivity index (χ2n) is 5.99. The Balaban J connectivity index is 1.62. The monoisotopic (exact) mass is 392 g/mol. The molecule has 0 aliphatic carbocycles. The Labute approximate surface area is 167 Å². The van der Waals surface area contributed by atoms with Crippen molar-refractivity contribution in [1.29, 1.82) is 0 Å². The van der Waals surface area contributed by atoms with Crippen molar-refractivity contribution in [2.45, 2.75) is 13.5 Å². The lowest BCUT2D eigenvalue weighted by atomic mass is 10.1. The van der Waals surface area contributed by atoms with Crippen molar-refractivity contribution in [3.05, 3.63) is 78.3 Å². The minimum atomic E-state index is -0.144. The summed E-state index contributed by atoms with van der Waals surface area (Å²) in [5.74, 6) is 0.0837. The Morgan fingerprint density at radius 1 is 1.32 bits per heavy atom. The summed E-state index contributed by atoms with van der Waals surface area (Å²) in [5.41, 5.74) is 9.30. The maximum Gasteiger partial charge on any atom is 0.223 e. The average molecular weight is 392 g/mol. The molecule has 0 spiro atoms. The highest BCUT2D eigenvalue weighted by atomic mass is 32.1. The number of nitrogens with two attached hydrogens (primary N) is 1. The van der Waals surface area contributed by atoms with E-state index in [1.54, 1.807) is 6.21 Å². The Morgan fingerprint density at radius 3 is 2.86 bits per heavy atom. The smallest absolute Gasteiger partial charge is 0.223 e. The number of hydrogen-bond acceptors (Lipinski definition) is 6. The van der Waals surface area contributed by atoms with E-state index in [1.165, 1.54) is 24.5 Å². The van der Waals surface area contributed by atoms with Crippen molar-refractivity contribution >= 4 is 44.4 Å². The average Bonchev–Trinajstić information content (AvgIpc) is 3.07. The zero-order valence-electron chi connectivity index (χ0n) is 15.4. The number of hydrogen-bond donors (Lipinski definition) is 2. The highest BCUT2D eigenvalue weighted by Crippen LogP contribution is 2.28. The molecule has 0 radical (unpaired) electrons. The number of benzene rings is 2. The Kier molecular flexibility index (Phi) is 6.18. The zero-order chi connectivity index (χ0) is 19.9. The van der Waals surface area contributed by atoms with Crippen LogP contribution in [0, 0.1) is 0 Å². The Bertz CT molecular complexity index is 1050. The molecule has 1 aromatic heterocycles. The molecule has 3 aromatic rings. The molecule has 1 amide bonds. The highest BCUT2D eigenvalue weighted by molar-refractivity contribution is 7.22. The van der Waals surface area contributed by atoms with Crippen LogP contribution in [0.5, 0.6) is 0 Å². The molecule has 0 aliphatic rings. The van der Waals surface area contributed by atoms with Crippen molar-refractivity contribution in [2.24, 2.45) is 10.7 Å². The summed E-state index contributed by atoms with van der Waals surface area (Å²) < 4.78 is 6.42. The quantitative estimate of drug-likeness (QED) is 0.463. The lowest BCUT2D eigenvalue weighted by Crippen LogP contribution is -2.04. The van der Waals surface area contributed by atoms with Gasteiger partial charge in [-0.15, -0.1) is 0 Å². The molecule has 7 heteroatoms. The van der Waals surface area contributed by atoms with Gasteiger partial charge in [0.25, 0.3) is 0 Å². The maximum atomic E-state index is 11.2. The molecule has 2 aromatic carbocycles. The number of amides is 1. The number of rotatable bonds is 7. The van der Waals surface area contributed by atoms with Crippen LogP contribution in [0.2, 0.25) is 0 Å². The normalized spacial score (nSPS) is 11.7. The maximum absolute atomic E-state index is 11.2. The lowest BCUT2D eigenvalue weighted by molar-refractivity contribution is -0.114. The number of aliphatic imine (C=N–C) groups is 1. The first-order chi connectivity index (χ1) is 13.5. The van der Waals surface area contributed by atoms with E-state index >= 15 is 0 Å².